The molecule has 2 aromatic carbocycles. The molecule has 0 heterocycles. The molecule has 0 aliphatic rings. The van der Waals surface area contributed by atoms with E-state index in [4.69, 9.17) is 21.1 Å². The van der Waals surface area contributed by atoms with Crippen molar-refractivity contribution in [2.24, 2.45) is 0 Å². The average molecular weight is 475 g/mol. The number of rotatable bonds is 12. The number of carbonyl (C=O) groups is 2. The highest BCUT2D eigenvalue weighted by molar-refractivity contribution is 6.31. The summed E-state index contributed by atoms with van der Waals surface area (Å²) in [5, 5.41) is 3.60. The molecule has 0 saturated heterocycles. The van der Waals surface area contributed by atoms with Gasteiger partial charge >= 0.3 is 0 Å². The van der Waals surface area contributed by atoms with Crippen molar-refractivity contribution < 1.29 is 19.1 Å². The lowest BCUT2D eigenvalue weighted by molar-refractivity contribution is -0.141. The van der Waals surface area contributed by atoms with Crippen molar-refractivity contribution in [2.45, 2.75) is 65.1 Å². The van der Waals surface area contributed by atoms with Gasteiger partial charge < -0.3 is 19.7 Å². The molecule has 0 radical (unpaired) electrons. The van der Waals surface area contributed by atoms with E-state index in [0.29, 0.717) is 29.4 Å². The third-order valence-electron chi connectivity index (χ3n) is 5.76. The van der Waals surface area contributed by atoms with Gasteiger partial charge in [-0.25, -0.2) is 0 Å². The Bertz CT molecular complexity index is 934. The standard InChI is InChI=1S/C26H35ClN2O4/c1-6-18(3)28-26(31)22(7-2)29(17-20-10-8-9-11-21(20)27)25(30)15-13-19-12-14-23(32-4)24(16-19)33-5/h8-12,14,16,18,22H,6-7,13,15,17H2,1-5H3,(H,28,31)/t18-,22-/m1/s1. The third-order valence-corrected chi connectivity index (χ3v) is 6.13. The van der Waals surface area contributed by atoms with Crippen molar-refractivity contribution in [1.29, 1.82) is 0 Å². The molecule has 0 spiro atoms. The van der Waals surface area contributed by atoms with Gasteiger partial charge in [0.15, 0.2) is 11.5 Å². The van der Waals surface area contributed by atoms with Crippen LogP contribution in [-0.4, -0.2) is 43.0 Å². The van der Waals surface area contributed by atoms with Gasteiger partial charge in [0.1, 0.15) is 6.04 Å². The Morgan fingerprint density at radius 1 is 1.03 bits per heavy atom. The topological polar surface area (TPSA) is 67.9 Å². The van der Waals surface area contributed by atoms with Crippen LogP contribution >= 0.6 is 11.6 Å². The number of ether oxygens (including phenoxy) is 2. The summed E-state index contributed by atoms with van der Waals surface area (Å²) >= 11 is 6.38. The van der Waals surface area contributed by atoms with Gasteiger partial charge in [-0.05, 0) is 55.5 Å². The number of hydrogen-bond acceptors (Lipinski definition) is 4. The summed E-state index contributed by atoms with van der Waals surface area (Å²) < 4.78 is 10.7. The Morgan fingerprint density at radius 3 is 2.33 bits per heavy atom. The van der Waals surface area contributed by atoms with Gasteiger partial charge in [-0.15, -0.1) is 0 Å². The van der Waals surface area contributed by atoms with Crippen LogP contribution in [0.25, 0.3) is 0 Å². The highest BCUT2D eigenvalue weighted by Gasteiger charge is 2.29. The molecule has 0 aliphatic heterocycles. The molecule has 7 heteroatoms. The van der Waals surface area contributed by atoms with E-state index in [1.54, 1.807) is 25.2 Å². The van der Waals surface area contributed by atoms with E-state index in [-0.39, 0.29) is 30.8 Å². The minimum Gasteiger partial charge on any atom is -0.493 e. The second-order valence-electron chi connectivity index (χ2n) is 8.04. The van der Waals surface area contributed by atoms with Gasteiger partial charge in [0, 0.05) is 24.0 Å². The maximum Gasteiger partial charge on any atom is 0.243 e. The van der Waals surface area contributed by atoms with Crippen LogP contribution in [0.1, 0.15) is 51.2 Å². The van der Waals surface area contributed by atoms with Crippen LogP contribution in [0.2, 0.25) is 5.02 Å². The Balaban J connectivity index is 2.25. The maximum atomic E-state index is 13.4. The first-order chi connectivity index (χ1) is 15.8. The summed E-state index contributed by atoms with van der Waals surface area (Å²) in [5.74, 6) is 1.02. The molecule has 180 valence electrons. The molecule has 2 amide bonds. The van der Waals surface area contributed by atoms with E-state index in [0.717, 1.165) is 17.5 Å². The van der Waals surface area contributed by atoms with Crippen molar-refractivity contribution in [3.63, 3.8) is 0 Å². The van der Waals surface area contributed by atoms with Crippen LogP contribution in [0, 0.1) is 0 Å². The van der Waals surface area contributed by atoms with Crippen LogP contribution < -0.4 is 14.8 Å². The molecular weight excluding hydrogens is 440 g/mol. The predicted molar refractivity (Wildman–Crippen MR) is 132 cm³/mol. The second-order valence-corrected chi connectivity index (χ2v) is 8.45. The molecule has 33 heavy (non-hydrogen) atoms. The molecular formula is C26H35ClN2O4. The molecule has 0 unspecified atom stereocenters. The van der Waals surface area contributed by atoms with Gasteiger partial charge in [0.2, 0.25) is 11.8 Å². The van der Waals surface area contributed by atoms with E-state index < -0.39 is 6.04 Å². The number of nitrogens with one attached hydrogen (secondary N) is 1. The minimum absolute atomic E-state index is 0.0376. The zero-order valence-corrected chi connectivity index (χ0v) is 20.9. The van der Waals surface area contributed by atoms with Crippen molar-refractivity contribution in [3.05, 3.63) is 58.6 Å². The Hall–Kier alpha value is -2.73. The molecule has 0 bridgehead atoms. The van der Waals surface area contributed by atoms with Gasteiger partial charge in [0.25, 0.3) is 0 Å². The van der Waals surface area contributed by atoms with E-state index >= 15 is 0 Å². The van der Waals surface area contributed by atoms with E-state index in [1.165, 1.54) is 0 Å². The maximum absolute atomic E-state index is 13.4. The summed E-state index contributed by atoms with van der Waals surface area (Å²) in [7, 11) is 3.17. The molecule has 0 saturated carbocycles. The molecule has 6 nitrogen and oxygen atoms in total. The fraction of sp³-hybridized carbons (Fsp3) is 0.462. The summed E-state index contributed by atoms with van der Waals surface area (Å²) in [6, 6.07) is 12.5. The van der Waals surface area contributed by atoms with Crippen LogP contribution in [-0.2, 0) is 22.6 Å². The zero-order valence-electron chi connectivity index (χ0n) is 20.2. The highest BCUT2D eigenvalue weighted by atomic mass is 35.5. The van der Waals surface area contributed by atoms with E-state index in [2.05, 4.69) is 5.32 Å². The monoisotopic (exact) mass is 474 g/mol. The minimum atomic E-state index is -0.576. The van der Waals surface area contributed by atoms with Crippen molar-refractivity contribution in [1.82, 2.24) is 10.2 Å². The number of carbonyl (C=O) groups excluding carboxylic acids is 2. The van der Waals surface area contributed by atoms with Gasteiger partial charge in [-0.3, -0.25) is 9.59 Å². The van der Waals surface area contributed by atoms with Crippen molar-refractivity contribution in [3.8, 4) is 11.5 Å². The molecule has 2 rings (SSSR count). The molecule has 2 atom stereocenters. The van der Waals surface area contributed by atoms with E-state index in [9.17, 15) is 9.59 Å². The molecule has 1 N–H and O–H groups in total. The largest absolute Gasteiger partial charge is 0.493 e. The number of hydrogen-bond donors (Lipinski definition) is 1. The average Bonchev–Trinajstić information content (AvgIpc) is 2.83. The Morgan fingerprint density at radius 2 is 1.73 bits per heavy atom. The fourth-order valence-corrected chi connectivity index (χ4v) is 3.80. The molecule has 0 aromatic heterocycles. The number of amides is 2. The normalized spacial score (nSPS) is 12.5. The number of methoxy groups -OCH3 is 2. The first-order valence-corrected chi connectivity index (χ1v) is 11.8. The SMILES string of the molecule is CC[C@@H](C)NC(=O)[C@@H](CC)N(Cc1ccccc1Cl)C(=O)CCc1ccc(OC)c(OC)c1. The first kappa shape index (κ1) is 26.5. The summed E-state index contributed by atoms with van der Waals surface area (Å²) in [4.78, 5) is 28.1. The smallest absolute Gasteiger partial charge is 0.243 e. The van der Waals surface area contributed by atoms with Crippen LogP contribution in [0.5, 0.6) is 11.5 Å². The van der Waals surface area contributed by atoms with Crippen LogP contribution in [0.3, 0.4) is 0 Å². The Labute approximate surface area is 202 Å². The van der Waals surface area contributed by atoms with Crippen molar-refractivity contribution >= 4 is 23.4 Å². The first-order valence-electron chi connectivity index (χ1n) is 11.4. The molecule has 2 aromatic rings. The lowest BCUT2D eigenvalue weighted by Crippen LogP contribution is -2.50. The lowest BCUT2D eigenvalue weighted by Gasteiger charge is -2.32. The van der Waals surface area contributed by atoms with Gasteiger partial charge in [-0.1, -0.05) is 49.7 Å². The second kappa shape index (κ2) is 13.1. The van der Waals surface area contributed by atoms with Gasteiger partial charge in [0.05, 0.1) is 14.2 Å². The van der Waals surface area contributed by atoms with Crippen molar-refractivity contribution in [2.75, 3.05) is 14.2 Å². The Kier molecular flexibility index (Phi) is 10.5. The lowest BCUT2D eigenvalue weighted by atomic mass is 10.1. The molecule has 0 aliphatic carbocycles. The number of halogens is 1. The quantitative estimate of drug-likeness (QED) is 0.469. The third kappa shape index (κ3) is 7.39. The zero-order chi connectivity index (χ0) is 24.4. The van der Waals surface area contributed by atoms with Gasteiger partial charge in [-0.2, -0.15) is 0 Å². The summed E-state index contributed by atoms with van der Waals surface area (Å²) in [5.41, 5.74) is 1.77. The summed E-state index contributed by atoms with van der Waals surface area (Å²) in [6.07, 6.45) is 2.10. The summed E-state index contributed by atoms with van der Waals surface area (Å²) in [6.45, 7) is 6.17. The van der Waals surface area contributed by atoms with Crippen LogP contribution in [0.4, 0.5) is 0 Å². The predicted octanol–water partition coefficient (Wildman–Crippen LogP) is 5.01. The number of nitrogens with zero attached hydrogens (tertiary/aromatic N) is 1. The fourth-order valence-electron chi connectivity index (χ4n) is 3.60. The van der Waals surface area contributed by atoms with E-state index in [1.807, 2.05) is 57.2 Å². The molecule has 0 fully saturated rings. The van der Waals surface area contributed by atoms with Crippen LogP contribution in [0.15, 0.2) is 42.5 Å². The highest BCUT2D eigenvalue weighted by Crippen LogP contribution is 2.28. The number of benzene rings is 2. The number of aryl methyl sites for hydroxylation is 1.